The molecule has 1 atom stereocenters. The van der Waals surface area contributed by atoms with Gasteiger partial charge in [0.05, 0.1) is 23.0 Å². The lowest BCUT2D eigenvalue weighted by Crippen LogP contribution is -2.48. The Balaban J connectivity index is 1.87. The van der Waals surface area contributed by atoms with Crippen LogP contribution in [0.1, 0.15) is 24.7 Å². The molecule has 2 fully saturated rings. The highest BCUT2D eigenvalue weighted by Crippen LogP contribution is 2.28. The number of rotatable bonds is 3. The zero-order valence-electron chi connectivity index (χ0n) is 12.1. The summed E-state index contributed by atoms with van der Waals surface area (Å²) in [5, 5.41) is 10.8. The number of aryl methyl sites for hydroxylation is 2. The molecule has 2 aliphatic heterocycles. The van der Waals surface area contributed by atoms with Gasteiger partial charge in [0, 0.05) is 13.6 Å². The fourth-order valence-electron chi connectivity index (χ4n) is 2.94. The molecule has 8 heteroatoms. The third kappa shape index (κ3) is 2.11. The van der Waals surface area contributed by atoms with Crippen molar-refractivity contribution in [2.24, 2.45) is 7.05 Å². The first-order valence-corrected chi connectivity index (χ1v) is 7.41. The molecule has 0 bridgehead atoms. The number of urea groups is 1. The number of hydrogen-bond donors (Lipinski definition) is 2. The number of aromatic nitrogens is 2. The first-order valence-electron chi connectivity index (χ1n) is 7.03. The zero-order chi connectivity index (χ0) is 15.2. The number of carbonyl (C=O) groups excluding carboxylic acids is 2. The van der Waals surface area contributed by atoms with Gasteiger partial charge >= 0.3 is 6.03 Å². The molecule has 0 aromatic carbocycles. The van der Waals surface area contributed by atoms with Gasteiger partial charge < -0.3 is 10.6 Å². The van der Waals surface area contributed by atoms with Crippen LogP contribution in [-0.4, -0.2) is 45.2 Å². The Hall–Kier alpha value is -1.60. The van der Waals surface area contributed by atoms with E-state index in [1.807, 2.05) is 6.92 Å². The molecule has 3 rings (SSSR count). The van der Waals surface area contributed by atoms with Gasteiger partial charge in [-0.25, -0.2) is 4.79 Å². The molecule has 7 nitrogen and oxygen atoms in total. The highest BCUT2D eigenvalue weighted by Gasteiger charge is 2.52. The highest BCUT2D eigenvalue weighted by atomic mass is 35.5. The van der Waals surface area contributed by atoms with Gasteiger partial charge in [-0.15, -0.1) is 0 Å². The summed E-state index contributed by atoms with van der Waals surface area (Å²) in [6.45, 7) is 3.32. The minimum absolute atomic E-state index is 0.148. The molecule has 114 valence electrons. The molecule has 2 N–H and O–H groups in total. The van der Waals surface area contributed by atoms with Crippen molar-refractivity contribution < 1.29 is 9.59 Å². The molecular weight excluding hydrogens is 294 g/mol. The second kappa shape index (κ2) is 4.99. The summed E-state index contributed by atoms with van der Waals surface area (Å²) < 4.78 is 1.64. The molecule has 0 radical (unpaired) electrons. The average Bonchev–Trinajstić information content (AvgIpc) is 3.08. The molecule has 1 unspecified atom stereocenters. The Labute approximate surface area is 127 Å². The van der Waals surface area contributed by atoms with Crippen LogP contribution in [0.4, 0.5) is 4.79 Å². The lowest BCUT2D eigenvalue weighted by atomic mass is 9.99. The maximum absolute atomic E-state index is 12.6. The van der Waals surface area contributed by atoms with Gasteiger partial charge in [-0.3, -0.25) is 14.4 Å². The van der Waals surface area contributed by atoms with Gasteiger partial charge in [0.1, 0.15) is 5.54 Å². The molecule has 2 aliphatic rings. The Morgan fingerprint density at radius 2 is 2.19 bits per heavy atom. The van der Waals surface area contributed by atoms with Crippen LogP contribution in [0, 0.1) is 0 Å². The first-order chi connectivity index (χ1) is 9.98. The number of nitrogens with zero attached hydrogens (tertiary/aromatic N) is 3. The normalized spacial score (nSPS) is 25.2. The lowest BCUT2D eigenvalue weighted by molar-refractivity contribution is -0.131. The van der Waals surface area contributed by atoms with Crippen LogP contribution in [0.15, 0.2) is 0 Å². The van der Waals surface area contributed by atoms with Crippen molar-refractivity contribution in [3.8, 4) is 0 Å². The first kappa shape index (κ1) is 14.3. The Morgan fingerprint density at radius 1 is 1.43 bits per heavy atom. The van der Waals surface area contributed by atoms with Gasteiger partial charge in [0.2, 0.25) is 0 Å². The maximum atomic E-state index is 12.6. The van der Waals surface area contributed by atoms with Crippen LogP contribution >= 0.6 is 11.6 Å². The van der Waals surface area contributed by atoms with Crippen molar-refractivity contribution in [3.05, 3.63) is 16.4 Å². The summed E-state index contributed by atoms with van der Waals surface area (Å²) in [6, 6.07) is -0.362. The van der Waals surface area contributed by atoms with Crippen LogP contribution in [0.3, 0.4) is 0 Å². The van der Waals surface area contributed by atoms with E-state index in [2.05, 4.69) is 15.7 Å². The quantitative estimate of drug-likeness (QED) is 0.793. The minimum atomic E-state index is -0.782. The number of nitrogens with one attached hydrogen (secondary N) is 2. The van der Waals surface area contributed by atoms with Crippen LogP contribution in [0.2, 0.25) is 5.02 Å². The monoisotopic (exact) mass is 311 g/mol. The van der Waals surface area contributed by atoms with Crippen LogP contribution < -0.4 is 10.6 Å². The van der Waals surface area contributed by atoms with E-state index in [1.54, 1.807) is 11.7 Å². The van der Waals surface area contributed by atoms with Gasteiger partial charge in [-0.2, -0.15) is 5.10 Å². The van der Waals surface area contributed by atoms with Gasteiger partial charge in [0.25, 0.3) is 5.91 Å². The number of imide groups is 1. The molecule has 3 amide bonds. The van der Waals surface area contributed by atoms with Crippen molar-refractivity contribution >= 4 is 23.5 Å². The summed E-state index contributed by atoms with van der Waals surface area (Å²) in [5.74, 6) is -0.187. The van der Waals surface area contributed by atoms with Crippen molar-refractivity contribution in [2.45, 2.75) is 31.8 Å². The largest absolute Gasteiger partial charge is 0.325 e. The number of hydrogen-bond acceptors (Lipinski definition) is 4. The second-order valence-corrected chi connectivity index (χ2v) is 5.89. The van der Waals surface area contributed by atoms with E-state index >= 15 is 0 Å². The van der Waals surface area contributed by atoms with Gasteiger partial charge in [-0.1, -0.05) is 18.5 Å². The van der Waals surface area contributed by atoms with Gasteiger partial charge in [-0.05, 0) is 19.4 Å². The number of halogens is 1. The van der Waals surface area contributed by atoms with E-state index in [0.717, 1.165) is 12.2 Å². The van der Waals surface area contributed by atoms with Crippen LogP contribution in [0.25, 0.3) is 0 Å². The molecule has 1 aromatic rings. The fraction of sp³-hybridized carbons (Fsp3) is 0.615. The Morgan fingerprint density at radius 3 is 2.76 bits per heavy atom. The predicted octanol–water partition coefficient (Wildman–Crippen LogP) is 0.420. The SMILES string of the molecule is CCc1nn(C)c(CN2C(=O)NC3(CCNC3)C2=O)c1Cl. The third-order valence-corrected chi connectivity index (χ3v) is 4.65. The Bertz CT molecular complexity index is 606. The summed E-state index contributed by atoms with van der Waals surface area (Å²) in [4.78, 5) is 25.9. The van der Waals surface area contributed by atoms with Crippen molar-refractivity contribution in [3.63, 3.8) is 0 Å². The lowest BCUT2D eigenvalue weighted by Gasteiger charge is -2.19. The molecule has 3 heterocycles. The summed E-state index contributed by atoms with van der Waals surface area (Å²) in [7, 11) is 1.77. The minimum Gasteiger partial charge on any atom is -0.322 e. The number of amides is 3. The van der Waals surface area contributed by atoms with Crippen LogP contribution in [-0.2, 0) is 24.8 Å². The molecule has 21 heavy (non-hydrogen) atoms. The smallest absolute Gasteiger partial charge is 0.322 e. The molecule has 0 saturated carbocycles. The molecular formula is C13H18ClN5O2. The molecule has 0 aliphatic carbocycles. The van der Waals surface area contributed by atoms with Gasteiger partial charge in [0.15, 0.2) is 0 Å². The molecule has 1 spiro atoms. The van der Waals surface area contributed by atoms with E-state index in [0.29, 0.717) is 30.1 Å². The second-order valence-electron chi connectivity index (χ2n) is 5.51. The third-order valence-electron chi connectivity index (χ3n) is 4.21. The average molecular weight is 312 g/mol. The Kier molecular flexibility index (Phi) is 3.41. The molecule has 2 saturated heterocycles. The summed E-state index contributed by atoms with van der Waals surface area (Å²) >= 11 is 6.29. The molecule has 1 aromatic heterocycles. The summed E-state index contributed by atoms with van der Waals surface area (Å²) in [6.07, 6.45) is 1.33. The van der Waals surface area contributed by atoms with E-state index in [9.17, 15) is 9.59 Å². The van der Waals surface area contributed by atoms with Crippen molar-refractivity contribution in [2.75, 3.05) is 13.1 Å². The highest BCUT2D eigenvalue weighted by molar-refractivity contribution is 6.32. The van der Waals surface area contributed by atoms with Crippen molar-refractivity contribution in [1.82, 2.24) is 25.3 Å². The van der Waals surface area contributed by atoms with Crippen molar-refractivity contribution in [1.29, 1.82) is 0 Å². The van der Waals surface area contributed by atoms with Crippen LogP contribution in [0.5, 0.6) is 0 Å². The van der Waals surface area contributed by atoms with E-state index < -0.39 is 5.54 Å². The number of carbonyl (C=O) groups is 2. The summed E-state index contributed by atoms with van der Waals surface area (Å²) in [5.41, 5.74) is 0.675. The maximum Gasteiger partial charge on any atom is 0.325 e. The fourth-order valence-corrected chi connectivity index (χ4v) is 3.30. The standard InChI is InChI=1S/C13H18ClN5O2/c1-3-8-10(14)9(18(2)17-8)6-19-11(20)13(16-12(19)21)4-5-15-7-13/h15H,3-7H2,1-2H3,(H,16,21). The topological polar surface area (TPSA) is 79.3 Å². The van der Waals surface area contributed by atoms with E-state index in [-0.39, 0.29) is 18.5 Å². The van der Waals surface area contributed by atoms with E-state index in [4.69, 9.17) is 11.6 Å². The zero-order valence-corrected chi connectivity index (χ0v) is 12.8. The van der Waals surface area contributed by atoms with E-state index in [1.165, 1.54) is 4.90 Å². The predicted molar refractivity (Wildman–Crippen MR) is 76.9 cm³/mol.